The van der Waals surface area contributed by atoms with Crippen molar-refractivity contribution in [2.45, 2.75) is 19.3 Å². The lowest BCUT2D eigenvalue weighted by Crippen LogP contribution is -2.41. The molecule has 1 aliphatic rings. The van der Waals surface area contributed by atoms with Crippen LogP contribution in [0.4, 0.5) is 0 Å². The molecule has 2 N–H and O–H groups in total. The van der Waals surface area contributed by atoms with Gasteiger partial charge in [-0.1, -0.05) is 0 Å². The molecule has 0 aromatic heterocycles. The predicted molar refractivity (Wildman–Crippen MR) is 60.0 cm³/mol. The van der Waals surface area contributed by atoms with Gasteiger partial charge < -0.3 is 10.4 Å². The second-order valence-electron chi connectivity index (χ2n) is 4.26. The van der Waals surface area contributed by atoms with Gasteiger partial charge in [-0.2, -0.15) is 5.26 Å². The van der Waals surface area contributed by atoms with Crippen LogP contribution in [0.5, 0.6) is 0 Å². The molecular formula is C11H17N3O3. The number of hydrogen-bond acceptors (Lipinski definition) is 4. The van der Waals surface area contributed by atoms with Gasteiger partial charge in [-0.25, -0.2) is 0 Å². The molecule has 0 bridgehead atoms. The number of carbonyl (C=O) groups is 2. The minimum Gasteiger partial charge on any atom is -0.480 e. The molecule has 6 nitrogen and oxygen atoms in total. The largest absolute Gasteiger partial charge is 0.480 e. The molecular weight excluding hydrogens is 222 g/mol. The number of carbonyl (C=O) groups excluding carboxylic acids is 1. The van der Waals surface area contributed by atoms with Crippen LogP contribution in [0, 0.1) is 17.2 Å². The van der Waals surface area contributed by atoms with Crippen LogP contribution in [-0.4, -0.2) is 48.1 Å². The highest BCUT2D eigenvalue weighted by atomic mass is 16.4. The van der Waals surface area contributed by atoms with E-state index in [9.17, 15) is 9.59 Å². The van der Waals surface area contributed by atoms with E-state index >= 15 is 0 Å². The standard InChI is InChI=1S/C11H17N3O3/c12-4-1-5-13-10(15)7-14(8-11(16)17)6-9-2-3-9/h9H,1-3,5-8H2,(H,13,15)(H,16,17). The molecule has 0 aromatic carbocycles. The van der Waals surface area contributed by atoms with Gasteiger partial charge in [0.25, 0.3) is 0 Å². The highest BCUT2D eigenvalue weighted by Gasteiger charge is 2.26. The van der Waals surface area contributed by atoms with E-state index in [0.29, 0.717) is 19.0 Å². The SMILES string of the molecule is N#CCCNC(=O)CN(CC(=O)O)CC1CC1. The van der Waals surface area contributed by atoms with Crippen molar-refractivity contribution >= 4 is 11.9 Å². The zero-order valence-corrected chi connectivity index (χ0v) is 9.69. The Morgan fingerprint density at radius 2 is 2.12 bits per heavy atom. The lowest BCUT2D eigenvalue weighted by Gasteiger charge is -2.19. The molecule has 1 rings (SSSR count). The van der Waals surface area contributed by atoms with Crippen LogP contribution in [0.2, 0.25) is 0 Å². The number of carboxylic acids is 1. The van der Waals surface area contributed by atoms with Crippen LogP contribution in [0.1, 0.15) is 19.3 Å². The van der Waals surface area contributed by atoms with Crippen molar-refractivity contribution in [2.75, 3.05) is 26.2 Å². The summed E-state index contributed by atoms with van der Waals surface area (Å²) in [6.07, 6.45) is 2.51. The first-order valence-corrected chi connectivity index (χ1v) is 5.69. The Kier molecular flexibility index (Phi) is 5.43. The third kappa shape index (κ3) is 6.53. The molecule has 1 amide bonds. The van der Waals surface area contributed by atoms with E-state index in [1.54, 1.807) is 4.90 Å². The predicted octanol–water partition coefficient (Wildman–Crippen LogP) is -0.187. The van der Waals surface area contributed by atoms with Crippen molar-refractivity contribution < 1.29 is 14.7 Å². The molecule has 0 radical (unpaired) electrons. The van der Waals surface area contributed by atoms with Crippen molar-refractivity contribution in [3.63, 3.8) is 0 Å². The van der Waals surface area contributed by atoms with Gasteiger partial charge in [0, 0.05) is 13.1 Å². The quantitative estimate of drug-likeness (QED) is 0.573. The normalized spacial score (nSPS) is 14.4. The average Bonchev–Trinajstić information content (AvgIpc) is 3.00. The van der Waals surface area contributed by atoms with Crippen molar-refractivity contribution in [1.29, 1.82) is 5.26 Å². The van der Waals surface area contributed by atoms with E-state index in [2.05, 4.69) is 5.32 Å². The molecule has 0 unspecified atom stereocenters. The van der Waals surface area contributed by atoms with Crippen LogP contribution < -0.4 is 5.32 Å². The highest BCUT2D eigenvalue weighted by molar-refractivity contribution is 5.79. The number of aliphatic carboxylic acids is 1. The third-order valence-electron chi connectivity index (χ3n) is 2.50. The van der Waals surface area contributed by atoms with Gasteiger partial charge in [-0.05, 0) is 18.8 Å². The molecule has 94 valence electrons. The summed E-state index contributed by atoms with van der Waals surface area (Å²) >= 11 is 0. The van der Waals surface area contributed by atoms with Gasteiger partial charge in [-0.3, -0.25) is 14.5 Å². The highest BCUT2D eigenvalue weighted by Crippen LogP contribution is 2.29. The van der Waals surface area contributed by atoms with Gasteiger partial charge >= 0.3 is 5.97 Å². The number of amides is 1. The summed E-state index contributed by atoms with van der Waals surface area (Å²) in [6.45, 7) is 0.966. The van der Waals surface area contributed by atoms with Crippen LogP contribution >= 0.6 is 0 Å². The molecule has 0 aromatic rings. The summed E-state index contributed by atoms with van der Waals surface area (Å²) in [5.41, 5.74) is 0. The number of nitrogens with zero attached hydrogens (tertiary/aromatic N) is 2. The first-order chi connectivity index (χ1) is 8.11. The number of rotatable bonds is 8. The van der Waals surface area contributed by atoms with Gasteiger partial charge in [0.2, 0.25) is 5.91 Å². The smallest absolute Gasteiger partial charge is 0.317 e. The molecule has 0 spiro atoms. The van der Waals surface area contributed by atoms with E-state index in [-0.39, 0.29) is 25.4 Å². The minimum absolute atomic E-state index is 0.0915. The molecule has 17 heavy (non-hydrogen) atoms. The fourth-order valence-electron chi connectivity index (χ4n) is 1.56. The maximum Gasteiger partial charge on any atom is 0.317 e. The summed E-state index contributed by atoms with van der Waals surface area (Å²) in [5.74, 6) is -0.598. The van der Waals surface area contributed by atoms with Gasteiger partial charge in [0.1, 0.15) is 0 Å². The second-order valence-corrected chi connectivity index (χ2v) is 4.26. The fraction of sp³-hybridized carbons (Fsp3) is 0.727. The second kappa shape index (κ2) is 6.86. The Morgan fingerprint density at radius 3 is 2.65 bits per heavy atom. The number of nitriles is 1. The van der Waals surface area contributed by atoms with Crippen molar-refractivity contribution in [1.82, 2.24) is 10.2 Å². The summed E-state index contributed by atoms with van der Waals surface area (Å²) in [7, 11) is 0. The lowest BCUT2D eigenvalue weighted by atomic mass is 10.3. The van der Waals surface area contributed by atoms with Crippen LogP contribution in [-0.2, 0) is 9.59 Å². The fourth-order valence-corrected chi connectivity index (χ4v) is 1.56. The number of carboxylic acid groups (broad SMARTS) is 1. The molecule has 0 heterocycles. The first kappa shape index (κ1) is 13.5. The maximum atomic E-state index is 11.5. The first-order valence-electron chi connectivity index (χ1n) is 5.69. The van der Waals surface area contributed by atoms with Crippen molar-refractivity contribution in [3.8, 4) is 6.07 Å². The topological polar surface area (TPSA) is 93.4 Å². The Morgan fingerprint density at radius 1 is 1.41 bits per heavy atom. The lowest BCUT2D eigenvalue weighted by molar-refractivity contribution is -0.138. The van der Waals surface area contributed by atoms with Crippen molar-refractivity contribution in [2.24, 2.45) is 5.92 Å². The summed E-state index contributed by atoms with van der Waals surface area (Å²) in [5, 5.41) is 19.6. The summed E-state index contributed by atoms with van der Waals surface area (Å²) in [4.78, 5) is 23.7. The van der Waals surface area contributed by atoms with Gasteiger partial charge in [0.15, 0.2) is 0 Å². The van der Waals surface area contributed by atoms with E-state index in [0.717, 1.165) is 12.8 Å². The molecule has 1 saturated carbocycles. The Hall–Kier alpha value is -1.61. The van der Waals surface area contributed by atoms with Gasteiger partial charge in [0.05, 0.1) is 25.6 Å². The van der Waals surface area contributed by atoms with Crippen LogP contribution in [0.15, 0.2) is 0 Å². The van der Waals surface area contributed by atoms with E-state index < -0.39 is 5.97 Å². The average molecular weight is 239 g/mol. The Bertz CT molecular complexity index is 320. The minimum atomic E-state index is -0.921. The van der Waals surface area contributed by atoms with Crippen LogP contribution in [0.25, 0.3) is 0 Å². The molecule has 1 fully saturated rings. The number of hydrogen-bond donors (Lipinski definition) is 2. The van der Waals surface area contributed by atoms with Crippen LogP contribution in [0.3, 0.4) is 0 Å². The number of nitrogens with one attached hydrogen (secondary N) is 1. The molecule has 6 heteroatoms. The molecule has 0 atom stereocenters. The summed E-state index contributed by atoms with van der Waals surface area (Å²) in [6, 6.07) is 1.93. The van der Waals surface area contributed by atoms with Crippen molar-refractivity contribution in [3.05, 3.63) is 0 Å². The monoisotopic (exact) mass is 239 g/mol. The zero-order chi connectivity index (χ0) is 12.7. The summed E-state index contributed by atoms with van der Waals surface area (Å²) < 4.78 is 0. The molecule has 1 aliphatic carbocycles. The zero-order valence-electron chi connectivity index (χ0n) is 9.69. The Balaban J connectivity index is 2.28. The van der Waals surface area contributed by atoms with E-state index in [1.165, 1.54) is 0 Å². The third-order valence-corrected chi connectivity index (χ3v) is 2.50. The Labute approximate surface area is 100 Å². The van der Waals surface area contributed by atoms with Gasteiger partial charge in [-0.15, -0.1) is 0 Å². The van der Waals surface area contributed by atoms with E-state index in [1.807, 2.05) is 6.07 Å². The maximum absolute atomic E-state index is 11.5. The molecule has 0 aliphatic heterocycles. The van der Waals surface area contributed by atoms with E-state index in [4.69, 9.17) is 10.4 Å². The molecule has 0 saturated heterocycles.